The normalized spacial score (nSPS) is 26.7. The highest BCUT2D eigenvalue weighted by atomic mass is 19.4. The van der Waals surface area contributed by atoms with Gasteiger partial charge in [-0.25, -0.2) is 0 Å². The molecule has 4 rings (SSSR count). The Kier molecular flexibility index (Phi) is 7.89. The van der Waals surface area contributed by atoms with Crippen LogP contribution in [0.15, 0.2) is 23.0 Å². The number of carbonyl (C=O) groups excluding carboxylic acids is 3. The number of phenols is 1. The van der Waals surface area contributed by atoms with Crippen LogP contribution in [0.5, 0.6) is 5.75 Å². The number of ketones is 2. The summed E-state index contributed by atoms with van der Waals surface area (Å²) in [6.07, 6.45) is -4.82. The molecule has 1 amide bonds. The molecule has 1 saturated carbocycles. The van der Waals surface area contributed by atoms with E-state index in [4.69, 9.17) is 5.73 Å². The van der Waals surface area contributed by atoms with E-state index in [-0.39, 0.29) is 36.0 Å². The van der Waals surface area contributed by atoms with Crippen molar-refractivity contribution in [3.63, 3.8) is 0 Å². The van der Waals surface area contributed by atoms with Gasteiger partial charge in [0.25, 0.3) is 5.91 Å². The number of phenolic OH excluding ortho intramolecular Hbond substituents is 1. The second kappa shape index (κ2) is 10.6. The van der Waals surface area contributed by atoms with Crippen LogP contribution >= 0.6 is 0 Å². The van der Waals surface area contributed by atoms with Crippen LogP contribution < -0.4 is 16.0 Å². The predicted molar refractivity (Wildman–Crippen MR) is 146 cm³/mol. The van der Waals surface area contributed by atoms with E-state index in [1.807, 2.05) is 0 Å². The Morgan fingerprint density at radius 2 is 1.81 bits per heavy atom. The maximum Gasteiger partial charge on any atom is 0.403 e. The molecule has 7 N–H and O–H groups in total. The molecular weight excluding hydrogens is 561 g/mol. The van der Waals surface area contributed by atoms with Gasteiger partial charge in [0.05, 0.1) is 11.6 Å². The van der Waals surface area contributed by atoms with E-state index >= 15 is 0 Å². The number of benzene rings is 1. The second-order valence-corrected chi connectivity index (χ2v) is 11.5. The molecule has 230 valence electrons. The molecular formula is C28H35F3N4O7. The number of primary amides is 1. The van der Waals surface area contributed by atoms with Gasteiger partial charge in [-0.1, -0.05) is 6.92 Å². The molecule has 0 spiro atoms. The van der Waals surface area contributed by atoms with E-state index in [1.165, 1.54) is 32.0 Å². The monoisotopic (exact) mass is 596 g/mol. The van der Waals surface area contributed by atoms with E-state index in [9.17, 15) is 48.0 Å². The van der Waals surface area contributed by atoms with E-state index < -0.39 is 82.6 Å². The molecule has 0 aromatic heterocycles. The van der Waals surface area contributed by atoms with Crippen molar-refractivity contribution in [3.05, 3.63) is 39.7 Å². The van der Waals surface area contributed by atoms with Crippen LogP contribution in [0.4, 0.5) is 18.9 Å². The maximum absolute atomic E-state index is 14.0. The molecule has 1 fully saturated rings. The maximum atomic E-state index is 14.0. The van der Waals surface area contributed by atoms with Crippen molar-refractivity contribution >= 4 is 28.9 Å². The van der Waals surface area contributed by atoms with Gasteiger partial charge in [-0.15, -0.1) is 0 Å². The number of hydrogen-bond donors (Lipinski definition) is 6. The first-order chi connectivity index (χ1) is 19.4. The highest BCUT2D eigenvalue weighted by molar-refractivity contribution is 6.24. The molecule has 42 heavy (non-hydrogen) atoms. The van der Waals surface area contributed by atoms with Crippen LogP contribution in [0, 0.1) is 11.8 Å². The number of aliphatic hydroxyl groups is 3. The zero-order chi connectivity index (χ0) is 31.6. The minimum Gasteiger partial charge on any atom is -0.508 e. The van der Waals surface area contributed by atoms with Crippen LogP contribution in [-0.4, -0.2) is 94.9 Å². The van der Waals surface area contributed by atoms with Crippen LogP contribution in [0.3, 0.4) is 0 Å². The van der Waals surface area contributed by atoms with E-state index in [2.05, 4.69) is 5.32 Å². The number of alkyl halides is 3. The average molecular weight is 597 g/mol. The first-order valence-electron chi connectivity index (χ1n) is 13.4. The number of anilines is 1. The van der Waals surface area contributed by atoms with Crippen LogP contribution in [0.2, 0.25) is 0 Å². The van der Waals surface area contributed by atoms with Gasteiger partial charge in [0.2, 0.25) is 5.78 Å². The summed E-state index contributed by atoms with van der Waals surface area (Å²) >= 11 is 0. The SMILES string of the molecule is CCC(NCc1cc(N(C)C)c2c(c1O)C(O)=C1C(=O)[C@@]3(O)C(O)=C(C(N)=O)C(=O)C(N(C)C)[C@H]3C[C@H]1C2)C(F)(F)F. The Morgan fingerprint density at radius 3 is 2.31 bits per heavy atom. The number of nitrogens with two attached hydrogens (primary N) is 1. The lowest BCUT2D eigenvalue weighted by molar-refractivity contribution is -0.157. The number of carbonyl (C=O) groups is 3. The summed E-state index contributed by atoms with van der Waals surface area (Å²) < 4.78 is 40.1. The fourth-order valence-electron chi connectivity index (χ4n) is 6.60. The molecule has 0 radical (unpaired) electrons. The number of rotatable bonds is 7. The summed E-state index contributed by atoms with van der Waals surface area (Å²) in [7, 11) is 6.36. The van der Waals surface area contributed by atoms with Crippen molar-refractivity contribution in [3.8, 4) is 5.75 Å². The van der Waals surface area contributed by atoms with Crippen molar-refractivity contribution in [1.82, 2.24) is 10.2 Å². The lowest BCUT2D eigenvalue weighted by atomic mass is 9.57. The Morgan fingerprint density at radius 1 is 1.19 bits per heavy atom. The molecule has 3 aliphatic rings. The summed E-state index contributed by atoms with van der Waals surface area (Å²) in [6.45, 7) is 0.946. The molecule has 5 atom stereocenters. The fraction of sp³-hybridized carbons (Fsp3) is 0.536. The molecule has 0 heterocycles. The van der Waals surface area contributed by atoms with Crippen LogP contribution in [-0.2, 0) is 27.3 Å². The number of aliphatic hydroxyl groups excluding tert-OH is 2. The van der Waals surface area contributed by atoms with E-state index in [0.717, 1.165) is 0 Å². The summed E-state index contributed by atoms with van der Waals surface area (Å²) in [5.41, 5.74) is 2.02. The Hall–Kier alpha value is -3.62. The highest BCUT2D eigenvalue weighted by Gasteiger charge is 2.64. The third-order valence-electron chi connectivity index (χ3n) is 8.60. The largest absolute Gasteiger partial charge is 0.508 e. The number of amides is 1. The molecule has 2 unspecified atom stereocenters. The van der Waals surface area contributed by atoms with Crippen LogP contribution in [0.25, 0.3) is 5.76 Å². The molecule has 0 saturated heterocycles. The number of nitrogens with one attached hydrogen (secondary N) is 1. The second-order valence-electron chi connectivity index (χ2n) is 11.5. The molecule has 3 aliphatic carbocycles. The third-order valence-corrected chi connectivity index (χ3v) is 8.60. The van der Waals surface area contributed by atoms with Crippen molar-refractivity contribution in [2.75, 3.05) is 33.1 Å². The zero-order valence-corrected chi connectivity index (χ0v) is 23.8. The first-order valence-corrected chi connectivity index (χ1v) is 13.4. The lowest BCUT2D eigenvalue weighted by Gasteiger charge is -2.50. The van der Waals surface area contributed by atoms with Gasteiger partial charge >= 0.3 is 6.18 Å². The topological polar surface area (TPSA) is 177 Å². The first kappa shape index (κ1) is 31.3. The Labute approximate surface area is 240 Å². The molecule has 0 aliphatic heterocycles. The Balaban J connectivity index is 1.91. The predicted octanol–water partition coefficient (Wildman–Crippen LogP) is 1.46. The molecule has 1 aromatic carbocycles. The van der Waals surface area contributed by atoms with E-state index in [0.29, 0.717) is 11.3 Å². The highest BCUT2D eigenvalue weighted by Crippen LogP contribution is 2.54. The summed E-state index contributed by atoms with van der Waals surface area (Å²) in [6, 6.07) is -1.56. The summed E-state index contributed by atoms with van der Waals surface area (Å²) in [5, 5.41) is 47.7. The van der Waals surface area contributed by atoms with Gasteiger partial charge in [-0.3, -0.25) is 19.3 Å². The van der Waals surface area contributed by atoms with Gasteiger partial charge in [-0.2, -0.15) is 13.2 Å². The minimum atomic E-state index is -4.54. The number of aromatic hydroxyl groups is 1. The van der Waals surface area contributed by atoms with Crippen molar-refractivity contribution in [2.24, 2.45) is 17.6 Å². The summed E-state index contributed by atoms with van der Waals surface area (Å²) in [4.78, 5) is 42.4. The van der Waals surface area contributed by atoms with Crippen LogP contribution in [0.1, 0.15) is 36.5 Å². The number of likely N-dealkylation sites (N-methyl/N-ethyl adjacent to an activating group) is 1. The number of fused-ring (bicyclic) bond motifs is 3. The molecule has 1 aromatic rings. The van der Waals surface area contributed by atoms with Crippen molar-refractivity contribution < 1.29 is 48.0 Å². The number of hydrogen-bond acceptors (Lipinski definition) is 10. The zero-order valence-electron chi connectivity index (χ0n) is 23.8. The van der Waals surface area contributed by atoms with E-state index in [1.54, 1.807) is 19.0 Å². The number of nitrogens with zero attached hydrogens (tertiary/aromatic N) is 2. The minimum absolute atomic E-state index is 0.0280. The summed E-state index contributed by atoms with van der Waals surface area (Å²) in [5.74, 6) is -7.81. The number of halogens is 3. The van der Waals surface area contributed by atoms with Gasteiger partial charge in [-0.05, 0) is 50.9 Å². The van der Waals surface area contributed by atoms with Gasteiger partial charge in [0.1, 0.15) is 28.9 Å². The third kappa shape index (κ3) is 4.61. The number of Topliss-reactive ketones (excluding diaryl/α,β-unsaturated/α-hetero) is 2. The van der Waals surface area contributed by atoms with Gasteiger partial charge < -0.3 is 36.4 Å². The average Bonchev–Trinajstić information content (AvgIpc) is 2.86. The van der Waals surface area contributed by atoms with Gasteiger partial charge in [0.15, 0.2) is 11.4 Å². The fourth-order valence-corrected chi connectivity index (χ4v) is 6.60. The van der Waals surface area contributed by atoms with Crippen molar-refractivity contribution in [1.29, 1.82) is 0 Å². The molecule has 0 bridgehead atoms. The standard InChI is InChI=1S/C28H35F3N4O7/c1-6-16(28(29,30)31)33-10-12-9-15(34(2)3)13-7-11-8-14-20(35(4)5)23(38)19(26(32)41)25(40)27(14,42)24(39)17(11)22(37)18(13)21(12)36/h9,11,14,16,20,33,36-37,40,42H,6-8,10H2,1-5H3,(H2,32,41)/t11-,14-,16?,20?,27-/m1/s1. The molecule has 14 heteroatoms. The smallest absolute Gasteiger partial charge is 0.403 e. The molecule has 11 nitrogen and oxygen atoms in total. The lowest BCUT2D eigenvalue weighted by Crippen LogP contribution is -2.65. The van der Waals surface area contributed by atoms with Crippen molar-refractivity contribution in [2.45, 2.75) is 56.6 Å². The Bertz CT molecular complexity index is 1420. The van der Waals surface area contributed by atoms with Gasteiger partial charge in [0, 0.05) is 43.4 Å². The quantitative estimate of drug-likeness (QED) is 0.253.